The first-order chi connectivity index (χ1) is 7.61. The molecule has 2 aliphatic rings. The molecular weight excluding hydrogens is 212 g/mol. The highest BCUT2D eigenvalue weighted by Crippen LogP contribution is 2.51. The molecule has 5 nitrogen and oxygen atoms in total. The summed E-state index contributed by atoms with van der Waals surface area (Å²) in [6.07, 6.45) is -0.403. The van der Waals surface area contributed by atoms with Crippen LogP contribution >= 0.6 is 0 Å². The van der Waals surface area contributed by atoms with E-state index in [2.05, 4.69) is 0 Å². The minimum atomic E-state index is -1.10. The summed E-state index contributed by atoms with van der Waals surface area (Å²) < 4.78 is 15.6. The van der Waals surface area contributed by atoms with Gasteiger partial charge in [0.05, 0.1) is 0 Å². The molecular formula is C11H10O5. The zero-order valence-electron chi connectivity index (χ0n) is 8.60. The summed E-state index contributed by atoms with van der Waals surface area (Å²) in [6.45, 7) is 1.77. The van der Waals surface area contributed by atoms with Gasteiger partial charge < -0.3 is 19.3 Å². The molecule has 16 heavy (non-hydrogen) atoms. The lowest BCUT2D eigenvalue weighted by Crippen LogP contribution is -2.20. The lowest BCUT2D eigenvalue weighted by atomic mass is 10.0. The van der Waals surface area contributed by atoms with Gasteiger partial charge in [0.25, 0.3) is 0 Å². The highest BCUT2D eigenvalue weighted by molar-refractivity contribution is 5.81. The Labute approximate surface area is 91.5 Å². The maximum Gasteiger partial charge on any atom is 0.338 e. The maximum absolute atomic E-state index is 10.9. The van der Waals surface area contributed by atoms with Crippen LogP contribution in [-0.2, 0) is 9.53 Å². The summed E-state index contributed by atoms with van der Waals surface area (Å²) in [5, 5.41) is 8.96. The van der Waals surface area contributed by atoms with Crippen molar-refractivity contribution in [3.05, 3.63) is 23.8 Å². The topological polar surface area (TPSA) is 68.3 Å². The highest BCUT2D eigenvalue weighted by atomic mass is 16.7. The van der Waals surface area contributed by atoms with Gasteiger partial charge in [0.2, 0.25) is 6.79 Å². The Hall–Kier alpha value is -1.75. The number of carboxylic acid groups (broad SMARTS) is 1. The second kappa shape index (κ2) is 2.89. The number of fused-ring (bicyclic) bond motifs is 1. The van der Waals surface area contributed by atoms with E-state index in [-0.39, 0.29) is 6.79 Å². The molecule has 1 saturated heterocycles. The minimum Gasteiger partial charge on any atom is -0.479 e. The molecule has 0 radical (unpaired) electrons. The van der Waals surface area contributed by atoms with E-state index in [1.54, 1.807) is 25.1 Å². The second-order valence-corrected chi connectivity index (χ2v) is 4.02. The van der Waals surface area contributed by atoms with Crippen molar-refractivity contribution >= 4 is 5.97 Å². The van der Waals surface area contributed by atoms with Gasteiger partial charge in [0.15, 0.2) is 17.1 Å². The number of rotatable bonds is 2. The van der Waals surface area contributed by atoms with Gasteiger partial charge in [-0.1, -0.05) is 6.07 Å². The Kier molecular flexibility index (Phi) is 1.71. The first-order valence-electron chi connectivity index (χ1n) is 4.92. The smallest absolute Gasteiger partial charge is 0.338 e. The van der Waals surface area contributed by atoms with E-state index in [0.29, 0.717) is 11.5 Å². The third-order valence-corrected chi connectivity index (χ3v) is 2.93. The molecule has 1 aromatic carbocycles. The number of hydrogen-bond acceptors (Lipinski definition) is 4. The number of ether oxygens (including phenoxy) is 3. The molecule has 3 rings (SSSR count). The van der Waals surface area contributed by atoms with E-state index in [4.69, 9.17) is 19.3 Å². The summed E-state index contributed by atoms with van der Waals surface area (Å²) in [7, 11) is 0. The van der Waals surface area contributed by atoms with Gasteiger partial charge in [-0.25, -0.2) is 4.79 Å². The van der Waals surface area contributed by atoms with Gasteiger partial charge in [-0.05, 0) is 24.6 Å². The molecule has 1 N–H and O–H groups in total. The summed E-state index contributed by atoms with van der Waals surface area (Å²) in [6, 6.07) is 5.33. The molecule has 0 aliphatic carbocycles. The molecule has 84 valence electrons. The minimum absolute atomic E-state index is 0.209. The Balaban J connectivity index is 1.90. The van der Waals surface area contributed by atoms with Crippen molar-refractivity contribution in [1.82, 2.24) is 0 Å². The predicted octanol–water partition coefficient (Wildman–Crippen LogP) is 1.33. The van der Waals surface area contributed by atoms with Gasteiger partial charge in [-0.2, -0.15) is 0 Å². The highest BCUT2D eigenvalue weighted by Gasteiger charge is 2.60. The largest absolute Gasteiger partial charge is 0.479 e. The monoisotopic (exact) mass is 222 g/mol. The quantitative estimate of drug-likeness (QED) is 0.764. The summed E-state index contributed by atoms with van der Waals surface area (Å²) in [5.41, 5.74) is -0.303. The van der Waals surface area contributed by atoms with Crippen LogP contribution in [0.1, 0.15) is 18.6 Å². The summed E-state index contributed by atoms with van der Waals surface area (Å²) in [5.74, 6) is 0.373. The van der Waals surface area contributed by atoms with Crippen LogP contribution in [0.25, 0.3) is 0 Å². The fourth-order valence-electron chi connectivity index (χ4n) is 1.84. The van der Waals surface area contributed by atoms with Gasteiger partial charge >= 0.3 is 5.97 Å². The van der Waals surface area contributed by atoms with E-state index in [1.807, 2.05) is 0 Å². The van der Waals surface area contributed by atoms with Crippen LogP contribution in [0.5, 0.6) is 11.5 Å². The Bertz CT molecular complexity index is 469. The van der Waals surface area contributed by atoms with Crippen molar-refractivity contribution in [2.24, 2.45) is 0 Å². The number of carboxylic acids is 1. The van der Waals surface area contributed by atoms with Gasteiger partial charge in [0.1, 0.15) is 6.10 Å². The molecule has 1 fully saturated rings. The zero-order valence-corrected chi connectivity index (χ0v) is 8.60. The molecule has 2 aliphatic heterocycles. The lowest BCUT2D eigenvalue weighted by molar-refractivity contribution is -0.142. The molecule has 0 aromatic heterocycles. The molecule has 1 aromatic rings. The average Bonchev–Trinajstić information content (AvgIpc) is 2.75. The Morgan fingerprint density at radius 1 is 1.44 bits per heavy atom. The van der Waals surface area contributed by atoms with Crippen molar-refractivity contribution < 1.29 is 24.1 Å². The number of epoxide rings is 1. The van der Waals surface area contributed by atoms with Gasteiger partial charge in [-0.15, -0.1) is 0 Å². The van der Waals surface area contributed by atoms with Crippen molar-refractivity contribution in [3.63, 3.8) is 0 Å². The van der Waals surface area contributed by atoms with Gasteiger partial charge in [-0.3, -0.25) is 0 Å². The number of benzene rings is 1. The molecule has 0 bridgehead atoms. The first kappa shape index (κ1) is 9.47. The van der Waals surface area contributed by atoms with Crippen LogP contribution in [0.4, 0.5) is 0 Å². The van der Waals surface area contributed by atoms with E-state index >= 15 is 0 Å². The number of hydrogen-bond donors (Lipinski definition) is 1. The van der Waals surface area contributed by atoms with Crippen LogP contribution in [0.15, 0.2) is 18.2 Å². The van der Waals surface area contributed by atoms with Crippen molar-refractivity contribution in [1.29, 1.82) is 0 Å². The molecule has 0 spiro atoms. The second-order valence-electron chi connectivity index (χ2n) is 4.02. The van der Waals surface area contributed by atoms with Crippen LogP contribution in [-0.4, -0.2) is 23.5 Å². The van der Waals surface area contributed by atoms with Crippen molar-refractivity contribution in [3.8, 4) is 11.5 Å². The van der Waals surface area contributed by atoms with Crippen LogP contribution < -0.4 is 9.47 Å². The number of carbonyl (C=O) groups is 1. The van der Waals surface area contributed by atoms with Crippen LogP contribution in [0.2, 0.25) is 0 Å². The fraction of sp³-hybridized carbons (Fsp3) is 0.364. The summed E-state index contributed by atoms with van der Waals surface area (Å²) >= 11 is 0. The Morgan fingerprint density at radius 2 is 2.19 bits per heavy atom. The summed E-state index contributed by atoms with van der Waals surface area (Å²) in [4.78, 5) is 10.9. The fourth-order valence-corrected chi connectivity index (χ4v) is 1.84. The van der Waals surface area contributed by atoms with E-state index in [1.165, 1.54) is 0 Å². The van der Waals surface area contributed by atoms with Crippen molar-refractivity contribution in [2.45, 2.75) is 18.6 Å². The maximum atomic E-state index is 10.9. The average molecular weight is 222 g/mol. The zero-order chi connectivity index (χ0) is 11.3. The first-order valence-corrected chi connectivity index (χ1v) is 4.92. The standard InChI is InChI=1S/C11H10O5/c1-11(10(12)13)9(16-11)6-2-3-7-8(4-6)15-5-14-7/h2-4,9H,5H2,1H3,(H,12,13)/t9-,11-/m0/s1. The molecule has 0 saturated carbocycles. The van der Waals surface area contributed by atoms with Crippen LogP contribution in [0, 0.1) is 0 Å². The molecule has 2 atom stereocenters. The molecule has 2 heterocycles. The van der Waals surface area contributed by atoms with Gasteiger partial charge in [0, 0.05) is 0 Å². The Morgan fingerprint density at radius 3 is 2.88 bits per heavy atom. The lowest BCUT2D eigenvalue weighted by Gasteiger charge is -2.01. The molecule has 0 unspecified atom stereocenters. The van der Waals surface area contributed by atoms with Crippen molar-refractivity contribution in [2.75, 3.05) is 6.79 Å². The van der Waals surface area contributed by atoms with Crippen LogP contribution in [0.3, 0.4) is 0 Å². The molecule has 0 amide bonds. The third kappa shape index (κ3) is 1.18. The van der Waals surface area contributed by atoms with E-state index in [0.717, 1.165) is 5.56 Å². The third-order valence-electron chi connectivity index (χ3n) is 2.93. The van der Waals surface area contributed by atoms with E-state index < -0.39 is 17.7 Å². The molecule has 5 heteroatoms. The van der Waals surface area contributed by atoms with E-state index in [9.17, 15) is 4.79 Å². The normalized spacial score (nSPS) is 30.2. The number of aliphatic carboxylic acids is 1. The SMILES string of the molecule is C[C@]1(C(=O)O)O[C@H]1c1ccc2c(c1)OCO2. The predicted molar refractivity (Wildman–Crippen MR) is 52.4 cm³/mol.